The largest absolute Gasteiger partial charge is 0.373 e. The Morgan fingerprint density at radius 1 is 1.24 bits per heavy atom. The van der Waals surface area contributed by atoms with Crippen molar-refractivity contribution in [2.75, 3.05) is 19.7 Å². The monoisotopic (exact) mass is 394 g/mol. The van der Waals surface area contributed by atoms with E-state index in [0.717, 1.165) is 35.1 Å². The fourth-order valence-corrected chi connectivity index (χ4v) is 4.54. The zero-order valence-corrected chi connectivity index (χ0v) is 16.7. The number of amides is 1. The third-order valence-corrected chi connectivity index (χ3v) is 6.08. The molecule has 6 heteroatoms. The molecule has 5 rings (SSSR count). The number of rotatable bonds is 4. The summed E-state index contributed by atoms with van der Waals surface area (Å²) in [4.78, 5) is 19.0. The Hall–Kier alpha value is -2.28. The minimum Gasteiger partial charge on any atom is -0.373 e. The van der Waals surface area contributed by atoms with Crippen molar-refractivity contribution in [3.63, 3.8) is 0 Å². The average Bonchev–Trinajstić information content (AvgIpc) is 3.18. The minimum atomic E-state index is -0.261. The summed E-state index contributed by atoms with van der Waals surface area (Å²) < 4.78 is 17.7. The van der Waals surface area contributed by atoms with Crippen molar-refractivity contribution in [1.29, 1.82) is 0 Å². The highest BCUT2D eigenvalue weighted by molar-refractivity contribution is 5.95. The van der Waals surface area contributed by atoms with Crippen LogP contribution in [0, 0.1) is 6.92 Å². The molecule has 0 saturated carbocycles. The fourth-order valence-electron chi connectivity index (χ4n) is 4.54. The smallest absolute Gasteiger partial charge is 0.254 e. The molecule has 152 valence electrons. The summed E-state index contributed by atoms with van der Waals surface area (Å²) in [6.07, 6.45) is 5.57. The van der Waals surface area contributed by atoms with Crippen molar-refractivity contribution in [1.82, 2.24) is 9.88 Å². The van der Waals surface area contributed by atoms with E-state index in [1.54, 1.807) is 0 Å². The summed E-state index contributed by atoms with van der Waals surface area (Å²) in [7, 11) is 0. The van der Waals surface area contributed by atoms with Crippen molar-refractivity contribution < 1.29 is 19.0 Å². The lowest BCUT2D eigenvalue weighted by Gasteiger charge is -2.53. The third kappa shape index (κ3) is 3.80. The van der Waals surface area contributed by atoms with E-state index >= 15 is 0 Å². The van der Waals surface area contributed by atoms with Crippen LogP contribution in [-0.2, 0) is 34.0 Å². The first-order valence-corrected chi connectivity index (χ1v) is 10.3. The number of pyridine rings is 1. The molecule has 3 aliphatic heterocycles. The van der Waals surface area contributed by atoms with Gasteiger partial charge < -0.3 is 19.1 Å². The van der Waals surface area contributed by atoms with E-state index in [2.05, 4.69) is 11.1 Å². The molecule has 3 aliphatic rings. The van der Waals surface area contributed by atoms with Gasteiger partial charge in [-0.05, 0) is 47.7 Å². The van der Waals surface area contributed by atoms with Gasteiger partial charge in [0.1, 0.15) is 5.60 Å². The zero-order chi connectivity index (χ0) is 19.8. The molecule has 1 amide bonds. The lowest BCUT2D eigenvalue weighted by Crippen LogP contribution is -2.67. The molecular formula is C23H26N2O4. The molecule has 1 unspecified atom stereocenters. The molecule has 1 atom stereocenters. The SMILES string of the molecule is Cc1cncc(COC2CCOC3(C2)CN(C(=O)c2ccc4c(c2)COC4)C3)c1. The normalized spacial score (nSPS) is 22.4. The van der Waals surface area contributed by atoms with Crippen LogP contribution in [0.2, 0.25) is 0 Å². The van der Waals surface area contributed by atoms with Crippen molar-refractivity contribution in [3.05, 3.63) is 64.5 Å². The Labute approximate surface area is 170 Å². The molecule has 2 fully saturated rings. The zero-order valence-electron chi connectivity index (χ0n) is 16.7. The minimum absolute atomic E-state index is 0.0720. The molecule has 0 bridgehead atoms. The van der Waals surface area contributed by atoms with Crippen LogP contribution >= 0.6 is 0 Å². The number of aromatic nitrogens is 1. The van der Waals surface area contributed by atoms with Gasteiger partial charge in [0.15, 0.2) is 0 Å². The number of ether oxygens (including phenoxy) is 3. The second kappa shape index (κ2) is 7.52. The standard InChI is InChI=1S/C23H26N2O4/c1-16-6-17(10-24-9-16)11-28-21-4-5-29-23(8-21)14-25(15-23)22(26)18-2-3-19-12-27-13-20(19)7-18/h2-3,6-7,9-10,21H,4-5,8,11-15H2,1H3. The molecule has 2 saturated heterocycles. The van der Waals surface area contributed by atoms with Crippen LogP contribution in [0.1, 0.15) is 45.5 Å². The molecule has 4 heterocycles. The van der Waals surface area contributed by atoms with Crippen LogP contribution in [0.15, 0.2) is 36.7 Å². The number of fused-ring (bicyclic) bond motifs is 1. The number of likely N-dealkylation sites (tertiary alicyclic amines) is 1. The molecular weight excluding hydrogens is 368 g/mol. The van der Waals surface area contributed by atoms with E-state index in [9.17, 15) is 4.79 Å². The molecule has 0 radical (unpaired) electrons. The maximum atomic E-state index is 12.9. The van der Waals surface area contributed by atoms with Crippen LogP contribution in [0.4, 0.5) is 0 Å². The number of carbonyl (C=O) groups excluding carboxylic acids is 1. The van der Waals surface area contributed by atoms with Gasteiger partial charge in [0, 0.05) is 31.0 Å². The lowest BCUT2D eigenvalue weighted by atomic mass is 9.84. The van der Waals surface area contributed by atoms with Gasteiger partial charge in [-0.1, -0.05) is 12.1 Å². The van der Waals surface area contributed by atoms with E-state index in [1.165, 1.54) is 5.56 Å². The van der Waals surface area contributed by atoms with Gasteiger partial charge in [0.25, 0.3) is 5.91 Å². The first-order chi connectivity index (χ1) is 14.1. The summed E-state index contributed by atoms with van der Waals surface area (Å²) in [5.41, 5.74) is 5.01. The Morgan fingerprint density at radius 3 is 2.97 bits per heavy atom. The van der Waals surface area contributed by atoms with Crippen molar-refractivity contribution >= 4 is 5.91 Å². The van der Waals surface area contributed by atoms with Gasteiger partial charge >= 0.3 is 0 Å². The summed E-state index contributed by atoms with van der Waals surface area (Å²) in [5.74, 6) is 0.0720. The fraction of sp³-hybridized carbons (Fsp3) is 0.478. The second-order valence-corrected chi connectivity index (χ2v) is 8.47. The van der Waals surface area contributed by atoms with Crippen LogP contribution in [0.5, 0.6) is 0 Å². The predicted molar refractivity (Wildman–Crippen MR) is 106 cm³/mol. The van der Waals surface area contributed by atoms with Gasteiger partial charge in [-0.3, -0.25) is 9.78 Å². The average molecular weight is 394 g/mol. The summed E-state index contributed by atoms with van der Waals surface area (Å²) in [6, 6.07) is 7.99. The molecule has 6 nitrogen and oxygen atoms in total. The number of hydrogen-bond donors (Lipinski definition) is 0. The van der Waals surface area contributed by atoms with Gasteiger partial charge in [-0.2, -0.15) is 0 Å². The highest BCUT2D eigenvalue weighted by Gasteiger charge is 2.49. The summed E-state index contributed by atoms with van der Waals surface area (Å²) in [6.45, 7) is 5.78. The first-order valence-electron chi connectivity index (χ1n) is 10.3. The van der Waals surface area contributed by atoms with Crippen LogP contribution in [0.3, 0.4) is 0 Å². The highest BCUT2D eigenvalue weighted by atomic mass is 16.5. The van der Waals surface area contributed by atoms with Crippen LogP contribution in [-0.4, -0.2) is 47.2 Å². The highest BCUT2D eigenvalue weighted by Crippen LogP contribution is 2.36. The topological polar surface area (TPSA) is 60.9 Å². The number of nitrogens with zero attached hydrogens (tertiary/aromatic N) is 2. The van der Waals surface area contributed by atoms with Crippen molar-refractivity contribution in [2.45, 2.75) is 51.3 Å². The Bertz CT molecular complexity index is 923. The molecule has 1 aromatic carbocycles. The molecule has 29 heavy (non-hydrogen) atoms. The lowest BCUT2D eigenvalue weighted by molar-refractivity contribution is -0.188. The molecule has 0 N–H and O–H groups in total. The second-order valence-electron chi connectivity index (χ2n) is 8.47. The Morgan fingerprint density at radius 2 is 2.10 bits per heavy atom. The van der Waals surface area contributed by atoms with E-state index < -0.39 is 0 Å². The molecule has 1 aromatic heterocycles. The summed E-state index contributed by atoms with van der Waals surface area (Å²) >= 11 is 0. The van der Waals surface area contributed by atoms with Crippen molar-refractivity contribution in [3.8, 4) is 0 Å². The van der Waals surface area contributed by atoms with E-state index in [0.29, 0.717) is 39.5 Å². The summed E-state index contributed by atoms with van der Waals surface area (Å²) in [5, 5.41) is 0. The predicted octanol–water partition coefficient (Wildman–Crippen LogP) is 3.01. The Kier molecular flexibility index (Phi) is 4.86. The molecule has 2 aromatic rings. The number of benzene rings is 1. The van der Waals surface area contributed by atoms with Crippen LogP contribution in [0.25, 0.3) is 0 Å². The third-order valence-electron chi connectivity index (χ3n) is 6.08. The first kappa shape index (κ1) is 18.7. The van der Waals surface area contributed by atoms with Gasteiger partial charge in [-0.15, -0.1) is 0 Å². The quantitative estimate of drug-likeness (QED) is 0.798. The van der Waals surface area contributed by atoms with E-state index in [-0.39, 0.29) is 17.6 Å². The maximum Gasteiger partial charge on any atom is 0.254 e. The van der Waals surface area contributed by atoms with Gasteiger partial charge in [0.2, 0.25) is 0 Å². The van der Waals surface area contributed by atoms with Gasteiger partial charge in [-0.25, -0.2) is 0 Å². The number of hydrogen-bond acceptors (Lipinski definition) is 5. The van der Waals surface area contributed by atoms with E-state index in [1.807, 2.05) is 42.4 Å². The van der Waals surface area contributed by atoms with Gasteiger partial charge in [0.05, 0.1) is 39.0 Å². The Balaban J connectivity index is 1.17. The molecule has 0 aliphatic carbocycles. The van der Waals surface area contributed by atoms with Crippen molar-refractivity contribution in [2.24, 2.45) is 0 Å². The van der Waals surface area contributed by atoms with E-state index in [4.69, 9.17) is 14.2 Å². The number of aryl methyl sites for hydroxylation is 1. The number of carbonyl (C=O) groups is 1. The maximum absolute atomic E-state index is 12.9. The molecule has 1 spiro atoms. The van der Waals surface area contributed by atoms with Crippen LogP contribution < -0.4 is 0 Å².